The van der Waals surface area contributed by atoms with Gasteiger partial charge in [-0.15, -0.1) is 0 Å². The molecule has 0 bridgehead atoms. The maximum atomic E-state index is 13.2. The summed E-state index contributed by atoms with van der Waals surface area (Å²) in [6.45, 7) is 2.27. The van der Waals surface area contributed by atoms with Crippen molar-refractivity contribution < 1.29 is 4.39 Å². The largest absolute Gasteiger partial charge is 0.247 e. The van der Waals surface area contributed by atoms with Crippen molar-refractivity contribution in [3.8, 4) is 0 Å². The van der Waals surface area contributed by atoms with Crippen LogP contribution in [0.4, 0.5) is 4.39 Å². The van der Waals surface area contributed by atoms with Gasteiger partial charge in [0, 0.05) is 0 Å². The first kappa shape index (κ1) is 20.2. The summed E-state index contributed by atoms with van der Waals surface area (Å²) in [5.74, 6) is 0.572. The van der Waals surface area contributed by atoms with Gasteiger partial charge < -0.3 is 0 Å². The van der Waals surface area contributed by atoms with E-state index in [4.69, 9.17) is 0 Å². The van der Waals surface area contributed by atoms with Crippen LogP contribution in [0.25, 0.3) is 6.08 Å². The van der Waals surface area contributed by atoms with Crippen molar-refractivity contribution in [1.29, 1.82) is 0 Å². The molecule has 0 spiro atoms. The Morgan fingerprint density at radius 3 is 2.08 bits per heavy atom. The van der Waals surface area contributed by atoms with E-state index < -0.39 is 6.17 Å². The van der Waals surface area contributed by atoms with Gasteiger partial charge in [-0.3, -0.25) is 0 Å². The minimum atomic E-state index is -0.560. The number of allylic oxidation sites excluding steroid dienone is 1. The van der Waals surface area contributed by atoms with Crippen LogP contribution >= 0.6 is 0 Å². The maximum Gasteiger partial charge on any atom is 0.100 e. The molecule has 0 aromatic heterocycles. The van der Waals surface area contributed by atoms with Crippen LogP contribution < -0.4 is 0 Å². The first-order valence-electron chi connectivity index (χ1n) is 10.7. The molecular formula is C24H37F. The van der Waals surface area contributed by atoms with Crippen LogP contribution in [0.15, 0.2) is 30.3 Å². The molecular weight excluding hydrogens is 307 g/mol. The van der Waals surface area contributed by atoms with Gasteiger partial charge in [0.05, 0.1) is 0 Å². The summed E-state index contributed by atoms with van der Waals surface area (Å²) in [5.41, 5.74) is 2.69. The van der Waals surface area contributed by atoms with Crippen molar-refractivity contribution in [3.63, 3.8) is 0 Å². The highest BCUT2D eigenvalue weighted by molar-refractivity contribution is 5.49. The third-order valence-electron chi connectivity index (χ3n) is 5.60. The van der Waals surface area contributed by atoms with Crippen molar-refractivity contribution in [3.05, 3.63) is 41.5 Å². The number of alkyl halides is 1. The van der Waals surface area contributed by atoms with Crippen LogP contribution in [-0.4, -0.2) is 6.17 Å². The Morgan fingerprint density at radius 1 is 0.840 bits per heavy atom. The summed E-state index contributed by atoms with van der Waals surface area (Å²) in [5, 5.41) is 0. The van der Waals surface area contributed by atoms with Crippen LogP contribution in [0.2, 0.25) is 0 Å². The predicted octanol–water partition coefficient (Wildman–Crippen LogP) is 8.23. The number of rotatable bonds is 11. The second-order valence-corrected chi connectivity index (χ2v) is 7.78. The van der Waals surface area contributed by atoms with Crippen LogP contribution in [0, 0.1) is 0 Å². The molecule has 0 nitrogen and oxygen atoms in total. The molecule has 1 saturated carbocycles. The van der Waals surface area contributed by atoms with E-state index in [-0.39, 0.29) is 0 Å². The molecule has 1 heteroatoms. The summed E-state index contributed by atoms with van der Waals surface area (Å²) in [4.78, 5) is 0. The third kappa shape index (κ3) is 8.21. The van der Waals surface area contributed by atoms with Gasteiger partial charge in [0.25, 0.3) is 0 Å². The van der Waals surface area contributed by atoms with Crippen molar-refractivity contribution in [2.45, 2.75) is 102 Å². The average Bonchev–Trinajstić information content (AvgIpc) is 2.64. The van der Waals surface area contributed by atoms with E-state index in [1.807, 2.05) is 0 Å². The molecule has 0 heterocycles. The van der Waals surface area contributed by atoms with Gasteiger partial charge in [-0.05, 0) is 55.6 Å². The molecule has 140 valence electrons. The number of hydrogen-bond donors (Lipinski definition) is 0. The minimum Gasteiger partial charge on any atom is -0.247 e. The van der Waals surface area contributed by atoms with E-state index in [0.29, 0.717) is 5.92 Å². The molecule has 0 amide bonds. The molecule has 1 aromatic carbocycles. The standard InChI is InChI=1S/C24H37F/c1-2-3-4-5-6-7-8-9-10-11-12-21-13-15-22(16-14-21)23-17-19-24(25)20-18-23/h11-16,23-24H,2-10,17-20H2,1H3. The van der Waals surface area contributed by atoms with E-state index in [1.165, 1.54) is 68.9 Å². The highest BCUT2D eigenvalue weighted by Gasteiger charge is 2.21. The monoisotopic (exact) mass is 344 g/mol. The fourth-order valence-electron chi connectivity index (χ4n) is 3.88. The molecule has 0 unspecified atom stereocenters. The average molecular weight is 345 g/mol. The van der Waals surface area contributed by atoms with Crippen LogP contribution in [0.5, 0.6) is 0 Å². The molecule has 0 atom stereocenters. The van der Waals surface area contributed by atoms with Crippen LogP contribution in [0.3, 0.4) is 0 Å². The normalized spacial score (nSPS) is 21.0. The van der Waals surface area contributed by atoms with E-state index in [9.17, 15) is 4.39 Å². The lowest BCUT2D eigenvalue weighted by Gasteiger charge is -2.24. The van der Waals surface area contributed by atoms with E-state index in [0.717, 1.165) is 25.7 Å². The predicted molar refractivity (Wildman–Crippen MR) is 109 cm³/mol. The Balaban J connectivity index is 1.58. The Bertz CT molecular complexity index is 465. The summed E-state index contributed by atoms with van der Waals surface area (Å²) in [7, 11) is 0. The van der Waals surface area contributed by atoms with Gasteiger partial charge in [-0.25, -0.2) is 4.39 Å². The first-order chi connectivity index (χ1) is 12.3. The zero-order valence-corrected chi connectivity index (χ0v) is 16.2. The summed E-state index contributed by atoms with van der Waals surface area (Å²) < 4.78 is 13.2. The van der Waals surface area contributed by atoms with Gasteiger partial charge in [-0.1, -0.05) is 88.3 Å². The number of hydrogen-bond acceptors (Lipinski definition) is 0. The SMILES string of the molecule is CCCCCCCCCCC=Cc1ccc(C2CCC(F)CC2)cc1. The second-order valence-electron chi connectivity index (χ2n) is 7.78. The molecule has 1 aliphatic carbocycles. The molecule has 0 aliphatic heterocycles. The molecule has 0 radical (unpaired) electrons. The highest BCUT2D eigenvalue weighted by Crippen LogP contribution is 2.34. The molecule has 1 fully saturated rings. The van der Waals surface area contributed by atoms with Gasteiger partial charge in [-0.2, -0.15) is 0 Å². The van der Waals surface area contributed by atoms with Gasteiger partial charge in [0.15, 0.2) is 0 Å². The third-order valence-corrected chi connectivity index (χ3v) is 5.60. The van der Waals surface area contributed by atoms with Gasteiger partial charge >= 0.3 is 0 Å². The number of halogens is 1. The smallest absolute Gasteiger partial charge is 0.100 e. The lowest BCUT2D eigenvalue weighted by molar-refractivity contribution is 0.235. The fourth-order valence-corrected chi connectivity index (χ4v) is 3.88. The van der Waals surface area contributed by atoms with E-state index in [2.05, 4.69) is 43.3 Å². The van der Waals surface area contributed by atoms with Crippen molar-refractivity contribution in [1.82, 2.24) is 0 Å². The topological polar surface area (TPSA) is 0 Å². The van der Waals surface area contributed by atoms with Crippen molar-refractivity contribution in [2.24, 2.45) is 0 Å². The second kappa shape index (κ2) is 12.3. The molecule has 25 heavy (non-hydrogen) atoms. The highest BCUT2D eigenvalue weighted by atomic mass is 19.1. The van der Waals surface area contributed by atoms with Crippen molar-refractivity contribution in [2.75, 3.05) is 0 Å². The maximum absolute atomic E-state index is 13.2. The van der Waals surface area contributed by atoms with Gasteiger partial charge in [0.1, 0.15) is 6.17 Å². The summed E-state index contributed by atoms with van der Waals surface area (Å²) >= 11 is 0. The fraction of sp³-hybridized carbons (Fsp3) is 0.667. The molecule has 1 aromatic rings. The van der Waals surface area contributed by atoms with Gasteiger partial charge in [0.2, 0.25) is 0 Å². The van der Waals surface area contributed by atoms with Crippen LogP contribution in [0.1, 0.15) is 107 Å². The molecule has 1 aliphatic rings. The van der Waals surface area contributed by atoms with Crippen molar-refractivity contribution >= 4 is 6.08 Å². The lowest BCUT2D eigenvalue weighted by Crippen LogP contribution is -2.13. The first-order valence-corrected chi connectivity index (χ1v) is 10.7. The Kier molecular flexibility index (Phi) is 9.92. The molecule has 0 saturated heterocycles. The number of unbranched alkanes of at least 4 members (excludes halogenated alkanes) is 8. The van der Waals surface area contributed by atoms with E-state index in [1.54, 1.807) is 0 Å². The van der Waals surface area contributed by atoms with Crippen LogP contribution in [-0.2, 0) is 0 Å². The zero-order chi connectivity index (χ0) is 17.7. The summed E-state index contributed by atoms with van der Waals surface area (Å²) in [6, 6.07) is 8.95. The molecule has 2 rings (SSSR count). The summed E-state index contributed by atoms with van der Waals surface area (Å²) in [6.07, 6.45) is 19.8. The zero-order valence-electron chi connectivity index (χ0n) is 16.2. The molecule has 0 N–H and O–H groups in total. The Labute approximate surface area is 154 Å². The Hall–Kier alpha value is -1.11. The minimum absolute atomic E-state index is 0.560. The Morgan fingerprint density at radius 2 is 1.44 bits per heavy atom. The lowest BCUT2D eigenvalue weighted by atomic mass is 9.83. The quantitative estimate of drug-likeness (QED) is 0.355. The van der Waals surface area contributed by atoms with E-state index >= 15 is 0 Å². The number of benzene rings is 1.